The third-order valence-electron chi connectivity index (χ3n) is 3.72. The standard InChI is InChI=1S/C11H16O3.2Al/c12-11(13)9-3-5-10(6-4-9)14-7-8-1-2-8;;/h8H,1-7H2,(H,12,13);;. The molecule has 0 aromatic rings. The number of ether oxygens (including phenoxy) is 1. The quantitative estimate of drug-likeness (QED) is 0.764. The second-order valence-corrected chi connectivity index (χ2v) is 7.44. The van der Waals surface area contributed by atoms with E-state index < -0.39 is 10.2 Å². The summed E-state index contributed by atoms with van der Waals surface area (Å²) < 4.78 is 5.14. The summed E-state index contributed by atoms with van der Waals surface area (Å²) in [6, 6.07) is 0. The summed E-state index contributed by atoms with van der Waals surface area (Å²) in [7, 11) is 0. The fourth-order valence-corrected chi connectivity index (χ4v) is 2.72. The molecule has 0 heterocycles. The van der Waals surface area contributed by atoms with Crippen LogP contribution in [0.1, 0.15) is 38.5 Å². The van der Waals surface area contributed by atoms with Crippen molar-refractivity contribution in [3.63, 3.8) is 0 Å². The molecule has 0 aliphatic heterocycles. The Morgan fingerprint density at radius 1 is 1.25 bits per heavy atom. The molecular formula is C11H16Al2O3. The number of carboxylic acid groups (broad SMARTS) is 1. The summed E-state index contributed by atoms with van der Waals surface area (Å²) in [6.45, 7) is 0.848. The number of hydrogen-bond acceptors (Lipinski definition) is 2. The molecule has 2 aliphatic rings. The minimum Gasteiger partial charge on any atom is -0.482 e. The van der Waals surface area contributed by atoms with Crippen molar-refractivity contribution >= 4 is 38.5 Å². The maximum Gasteiger partial charge on any atom is 0.293 e. The Bertz CT molecular complexity index is 281. The van der Waals surface area contributed by atoms with Gasteiger partial charge in [0.25, 0.3) is 5.97 Å². The van der Waals surface area contributed by atoms with Crippen molar-refractivity contribution in [2.45, 2.75) is 47.3 Å². The fourth-order valence-electron chi connectivity index (χ4n) is 2.05. The average molecular weight is 250 g/mol. The molecule has 0 aromatic carbocycles. The molecule has 84 valence electrons. The molecule has 2 aliphatic carbocycles. The lowest BCUT2D eigenvalue weighted by Crippen LogP contribution is -2.42. The minimum absolute atomic E-state index is 0.169. The zero-order chi connectivity index (χ0) is 11.8. The molecule has 5 heteroatoms. The molecule has 3 nitrogen and oxygen atoms in total. The van der Waals surface area contributed by atoms with Gasteiger partial charge in [-0.25, -0.2) is 0 Å². The lowest BCUT2D eigenvalue weighted by Gasteiger charge is -2.43. The van der Waals surface area contributed by atoms with E-state index in [4.69, 9.17) is 9.84 Å². The normalized spacial score (nSPS) is 39.5. The Labute approximate surface area is 113 Å². The SMILES string of the molecule is O=C(O)[C]1([Al])CC[C]([Al])(OCC2CC2)CC1. The zero-order valence-electron chi connectivity index (χ0n) is 9.45. The number of hydrogen-bond donors (Lipinski definition) is 1. The van der Waals surface area contributed by atoms with Crippen LogP contribution in [0.15, 0.2) is 0 Å². The number of aliphatic carboxylic acids is 1. The molecule has 0 spiro atoms. The van der Waals surface area contributed by atoms with Crippen molar-refractivity contribution in [3.8, 4) is 0 Å². The van der Waals surface area contributed by atoms with Gasteiger partial charge in [0.15, 0.2) is 16.3 Å². The third-order valence-corrected chi connectivity index (χ3v) is 5.29. The zero-order valence-corrected chi connectivity index (χ0v) is 11.8. The summed E-state index contributed by atoms with van der Waals surface area (Å²) in [6.07, 6.45) is 5.59. The maximum atomic E-state index is 11.1. The van der Waals surface area contributed by atoms with E-state index in [0.29, 0.717) is 12.8 Å². The molecule has 2 rings (SSSR count). The van der Waals surface area contributed by atoms with Gasteiger partial charge in [-0.15, -0.1) is 0 Å². The Morgan fingerprint density at radius 2 is 1.81 bits per heavy atom. The van der Waals surface area contributed by atoms with E-state index in [0.717, 1.165) is 25.4 Å². The van der Waals surface area contributed by atoms with E-state index in [2.05, 4.69) is 32.6 Å². The molecule has 0 saturated heterocycles. The summed E-state index contributed by atoms with van der Waals surface area (Å²) in [5, 5.41) is 9.13. The topological polar surface area (TPSA) is 46.5 Å². The maximum absolute atomic E-state index is 11.1. The smallest absolute Gasteiger partial charge is 0.293 e. The van der Waals surface area contributed by atoms with E-state index in [1.807, 2.05) is 0 Å². The Hall–Kier alpha value is 0.495. The van der Waals surface area contributed by atoms with E-state index >= 15 is 0 Å². The second kappa shape index (κ2) is 4.64. The molecule has 2 saturated carbocycles. The Kier molecular flexibility index (Phi) is 3.75. The monoisotopic (exact) mass is 250 g/mol. The Morgan fingerprint density at radius 3 is 2.25 bits per heavy atom. The predicted molar refractivity (Wildman–Crippen MR) is 61.7 cm³/mol. The average Bonchev–Trinajstić information content (AvgIpc) is 3.04. The predicted octanol–water partition coefficient (Wildman–Crippen LogP) is 1.26. The van der Waals surface area contributed by atoms with Gasteiger partial charge in [-0.2, -0.15) is 0 Å². The molecule has 16 heavy (non-hydrogen) atoms. The highest BCUT2D eigenvalue weighted by Gasteiger charge is 2.41. The van der Waals surface area contributed by atoms with Gasteiger partial charge in [-0.1, -0.05) is 12.8 Å². The van der Waals surface area contributed by atoms with Gasteiger partial charge >= 0.3 is 0 Å². The number of rotatable bonds is 4. The lowest BCUT2D eigenvalue weighted by molar-refractivity contribution is -0.143. The van der Waals surface area contributed by atoms with Crippen LogP contribution in [0.3, 0.4) is 0 Å². The summed E-state index contributed by atoms with van der Waals surface area (Å²) >= 11 is 5.30. The first-order chi connectivity index (χ1) is 7.44. The van der Waals surface area contributed by atoms with Crippen LogP contribution in [0, 0.1) is 5.92 Å². The number of carboxylic acids is 1. The van der Waals surface area contributed by atoms with Crippen molar-refractivity contribution in [2.24, 2.45) is 5.92 Å². The molecule has 2 fully saturated rings. The van der Waals surface area contributed by atoms with Gasteiger partial charge in [-0.3, -0.25) is 4.79 Å². The van der Waals surface area contributed by atoms with Crippen molar-refractivity contribution in [1.82, 2.24) is 0 Å². The first-order valence-electron chi connectivity index (χ1n) is 5.89. The van der Waals surface area contributed by atoms with Crippen LogP contribution < -0.4 is 0 Å². The van der Waals surface area contributed by atoms with Crippen LogP contribution in [0.2, 0.25) is 4.28 Å². The van der Waals surface area contributed by atoms with Crippen LogP contribution in [0.5, 0.6) is 0 Å². The van der Waals surface area contributed by atoms with Crippen LogP contribution in [-0.2, 0) is 9.53 Å². The van der Waals surface area contributed by atoms with Gasteiger partial charge in [0, 0.05) is 6.61 Å². The first kappa shape index (κ1) is 12.9. The van der Waals surface area contributed by atoms with Crippen molar-refractivity contribution < 1.29 is 14.6 Å². The fraction of sp³-hybridized carbons (Fsp3) is 0.909. The molecular weight excluding hydrogens is 234 g/mol. The van der Waals surface area contributed by atoms with Gasteiger partial charge in [0.1, 0.15) is 16.3 Å². The third kappa shape index (κ3) is 3.03. The summed E-state index contributed by atoms with van der Waals surface area (Å²) in [5.41, 5.74) is 0. The van der Waals surface area contributed by atoms with Crippen molar-refractivity contribution in [3.05, 3.63) is 0 Å². The van der Waals surface area contributed by atoms with E-state index in [1.54, 1.807) is 0 Å². The molecule has 4 radical (unpaired) electrons. The summed E-state index contributed by atoms with van der Waals surface area (Å²) in [5.74, 6) is 0.0614. The highest BCUT2D eigenvalue weighted by atomic mass is 27.1. The molecule has 0 unspecified atom stereocenters. The van der Waals surface area contributed by atoms with Crippen LogP contribution in [0.4, 0.5) is 0 Å². The van der Waals surface area contributed by atoms with Crippen LogP contribution in [0.25, 0.3) is 0 Å². The number of carbonyl (C=O) groups is 1. The van der Waals surface area contributed by atoms with Crippen LogP contribution >= 0.6 is 0 Å². The molecule has 0 amide bonds. The van der Waals surface area contributed by atoms with E-state index in [1.165, 1.54) is 12.8 Å². The van der Waals surface area contributed by atoms with Crippen LogP contribution in [-0.4, -0.2) is 54.7 Å². The lowest BCUT2D eigenvalue weighted by atomic mass is 9.85. The molecule has 0 atom stereocenters. The summed E-state index contributed by atoms with van der Waals surface area (Å²) in [4.78, 5) is 11.1. The first-order valence-corrected chi connectivity index (χ1v) is 7.04. The Balaban J connectivity index is 1.84. The minimum atomic E-state index is -0.702. The van der Waals surface area contributed by atoms with Crippen molar-refractivity contribution in [1.29, 1.82) is 0 Å². The molecule has 0 aromatic heterocycles. The van der Waals surface area contributed by atoms with Gasteiger partial charge in [0.2, 0.25) is 0 Å². The largest absolute Gasteiger partial charge is 0.482 e. The van der Waals surface area contributed by atoms with Gasteiger partial charge in [-0.05, 0) is 40.3 Å². The van der Waals surface area contributed by atoms with E-state index in [-0.39, 0.29) is 4.46 Å². The highest BCUT2D eigenvalue weighted by Crippen LogP contribution is 2.45. The molecule has 0 bridgehead atoms. The molecule has 1 N–H and O–H groups in total. The van der Waals surface area contributed by atoms with Crippen molar-refractivity contribution in [2.75, 3.05) is 6.61 Å². The van der Waals surface area contributed by atoms with Gasteiger partial charge < -0.3 is 9.84 Å². The second-order valence-electron chi connectivity index (χ2n) is 5.28. The van der Waals surface area contributed by atoms with E-state index in [9.17, 15) is 4.79 Å². The highest BCUT2D eigenvalue weighted by molar-refractivity contribution is 6.27. The van der Waals surface area contributed by atoms with Gasteiger partial charge in [0.05, 0.1) is 0 Å².